The van der Waals surface area contributed by atoms with Crippen LogP contribution in [0.15, 0.2) is 0 Å². The number of rotatable bonds is 0. The third-order valence-electron chi connectivity index (χ3n) is 0. The van der Waals surface area contributed by atoms with Gasteiger partial charge in [-0.3, -0.25) is 0 Å². The van der Waals surface area contributed by atoms with E-state index in [-0.39, 0.29) is 25.8 Å². The predicted octanol–water partition coefficient (Wildman–Crippen LogP) is -1.42. The van der Waals surface area contributed by atoms with Crippen molar-refractivity contribution >= 4 is 25.8 Å². The Morgan fingerprint density at radius 3 is 1.25 bits per heavy atom. The molecular weight excluding hydrogens is 202 g/mol. The van der Waals surface area contributed by atoms with Gasteiger partial charge in [0.25, 0.3) is 0 Å². The normalized spacial score (nSPS) is 3.00. The second-order valence-corrected chi connectivity index (χ2v) is 0.260. The van der Waals surface area contributed by atoms with Crippen molar-refractivity contribution in [3.63, 3.8) is 0 Å². The zero-order chi connectivity index (χ0) is 2.71. The van der Waals surface area contributed by atoms with E-state index in [1.807, 2.05) is 0 Å². The quantitative estimate of drug-likeness (QED) is 0.454. The molecule has 0 unspecified atom stereocenters. The van der Waals surface area contributed by atoms with Crippen LogP contribution >= 0.6 is 0 Å². The van der Waals surface area contributed by atoms with E-state index in [4.69, 9.17) is 7.67 Å². The van der Waals surface area contributed by atoms with Gasteiger partial charge in [-0.1, -0.05) is 0 Å². The summed E-state index contributed by atoms with van der Waals surface area (Å²) in [5, 5.41) is 0. The summed E-state index contributed by atoms with van der Waals surface area (Å²) in [6, 6.07) is 0. The summed E-state index contributed by atoms with van der Waals surface area (Å²) in [5.41, 5.74) is 0. The summed E-state index contributed by atoms with van der Waals surface area (Å²) < 4.78 is 16.8. The average molecular weight is 205 g/mol. The summed E-state index contributed by atoms with van der Waals surface area (Å²) in [6.07, 6.45) is 0. The summed E-state index contributed by atoms with van der Waals surface area (Å²) in [4.78, 5) is 0. The van der Waals surface area contributed by atoms with E-state index in [0.717, 1.165) is 0 Å². The van der Waals surface area contributed by atoms with Crippen molar-refractivity contribution in [2.75, 3.05) is 0 Å². The van der Waals surface area contributed by atoms with Gasteiger partial charge in [-0.2, -0.15) is 0 Å². The molecule has 0 aliphatic rings. The number of hydrogen-bond acceptors (Lipinski definition) is 2. The topological polar surface area (TPSA) is 34.1 Å². The van der Waals surface area contributed by atoms with Crippen molar-refractivity contribution in [1.29, 1.82) is 0 Å². The molecule has 0 spiro atoms. The molecule has 4 heavy (non-hydrogen) atoms. The van der Waals surface area contributed by atoms with Gasteiger partial charge >= 0.3 is 48.3 Å². The maximum atomic E-state index is 8.41. The van der Waals surface area contributed by atoms with E-state index in [1.54, 1.807) is 0 Å². The molecule has 0 heterocycles. The van der Waals surface area contributed by atoms with Crippen LogP contribution in [-0.2, 0) is 22.5 Å². The van der Waals surface area contributed by atoms with Gasteiger partial charge in [0, 0.05) is 0 Å². The van der Waals surface area contributed by atoms with Crippen molar-refractivity contribution in [2.24, 2.45) is 0 Å². The van der Waals surface area contributed by atoms with Gasteiger partial charge in [-0.25, -0.2) is 0 Å². The third kappa shape index (κ3) is 12.1. The third-order valence-corrected chi connectivity index (χ3v) is 0. The predicted molar refractivity (Wildman–Crippen MR) is 11.3 cm³/mol. The van der Waals surface area contributed by atoms with Gasteiger partial charge in [-0.15, -0.1) is 0 Å². The number of hydrogen-bond donors (Lipinski definition) is 0. The summed E-state index contributed by atoms with van der Waals surface area (Å²) in [5.74, 6) is 0. The van der Waals surface area contributed by atoms with Crippen molar-refractivity contribution in [2.45, 2.75) is 0 Å². The molecule has 0 aliphatic carbocycles. The van der Waals surface area contributed by atoms with Gasteiger partial charge in [0.15, 0.2) is 0 Å². The van der Waals surface area contributed by atoms with E-state index in [2.05, 4.69) is 0 Å². The Morgan fingerprint density at radius 1 is 1.25 bits per heavy atom. The van der Waals surface area contributed by atoms with Gasteiger partial charge in [0.1, 0.15) is 0 Å². The standard InChI is InChI=1S/In.Mn.2O.3H. The van der Waals surface area contributed by atoms with Crippen LogP contribution in [0.3, 0.4) is 0 Å². The molecule has 0 rings (SSSR count). The van der Waals surface area contributed by atoms with Crippen LogP contribution in [-0.4, -0.2) is 25.8 Å². The van der Waals surface area contributed by atoms with Crippen LogP contribution in [0, 0.1) is 0 Å². The Kier molecular flexibility index (Phi) is 20.0. The first kappa shape index (κ1) is 8.89. The van der Waals surface area contributed by atoms with Crippen LogP contribution in [0.4, 0.5) is 0 Å². The molecular formula is H3InMnO2. The Labute approximate surface area is 48.3 Å². The molecule has 0 radical (unpaired) electrons. The Balaban J connectivity index is 0. The minimum atomic E-state index is -1.44. The molecule has 0 bridgehead atoms. The van der Waals surface area contributed by atoms with E-state index < -0.39 is 14.8 Å². The first-order valence-electron chi connectivity index (χ1n) is 0.309. The Bertz CT molecular complexity index is 27.0. The molecule has 0 atom stereocenters. The Morgan fingerprint density at radius 2 is 1.25 bits per heavy atom. The van der Waals surface area contributed by atoms with Crippen molar-refractivity contribution in [1.82, 2.24) is 0 Å². The SMILES string of the molecule is [InH3].[O]=[Mn]=[O]. The molecule has 0 aromatic carbocycles. The van der Waals surface area contributed by atoms with Crippen LogP contribution in [0.25, 0.3) is 0 Å². The summed E-state index contributed by atoms with van der Waals surface area (Å²) in [6.45, 7) is 0. The second kappa shape index (κ2) is 9.01. The second-order valence-electron chi connectivity index (χ2n) is 0.0630. The molecule has 0 aliphatic heterocycles. The molecule has 0 aromatic rings. The molecule has 2 nitrogen and oxygen atoms in total. The van der Waals surface area contributed by atoms with E-state index in [1.165, 1.54) is 0 Å². The van der Waals surface area contributed by atoms with E-state index >= 15 is 0 Å². The van der Waals surface area contributed by atoms with Gasteiger partial charge in [0.05, 0.1) is 0 Å². The fourth-order valence-corrected chi connectivity index (χ4v) is 0. The molecule has 0 fully saturated rings. The molecule has 0 aromatic heterocycles. The van der Waals surface area contributed by atoms with Crippen molar-refractivity contribution < 1.29 is 22.5 Å². The first-order valence-corrected chi connectivity index (χ1v) is 1.27. The van der Waals surface area contributed by atoms with Gasteiger partial charge in [0.2, 0.25) is 0 Å². The van der Waals surface area contributed by atoms with Crippen LogP contribution in [0.5, 0.6) is 0 Å². The maximum absolute atomic E-state index is 8.41. The van der Waals surface area contributed by atoms with Crippen molar-refractivity contribution in [3.05, 3.63) is 0 Å². The minimum absolute atomic E-state index is 0. The summed E-state index contributed by atoms with van der Waals surface area (Å²) >= 11 is -1.44. The molecule has 0 N–H and O–H groups in total. The molecule has 25 valence electrons. The Hall–Kier alpha value is 0.990. The molecule has 4 heteroatoms. The van der Waals surface area contributed by atoms with Gasteiger partial charge in [-0.05, 0) is 0 Å². The average Bonchev–Trinajstić information content (AvgIpc) is 0.918. The van der Waals surface area contributed by atoms with Crippen LogP contribution in [0.2, 0.25) is 0 Å². The fourth-order valence-electron chi connectivity index (χ4n) is 0. The molecule has 0 saturated heterocycles. The fraction of sp³-hybridized carbons (Fsp3) is 0. The monoisotopic (exact) mass is 205 g/mol. The van der Waals surface area contributed by atoms with E-state index in [0.29, 0.717) is 0 Å². The van der Waals surface area contributed by atoms with Crippen molar-refractivity contribution in [3.8, 4) is 0 Å². The van der Waals surface area contributed by atoms with E-state index in [9.17, 15) is 0 Å². The van der Waals surface area contributed by atoms with Crippen LogP contribution < -0.4 is 0 Å². The summed E-state index contributed by atoms with van der Waals surface area (Å²) in [7, 11) is 0. The zero-order valence-electron chi connectivity index (χ0n) is 1.19. The molecule has 0 amide bonds. The van der Waals surface area contributed by atoms with Crippen LogP contribution in [0.1, 0.15) is 0 Å². The molecule has 0 saturated carbocycles. The van der Waals surface area contributed by atoms with Gasteiger partial charge < -0.3 is 0 Å². The zero-order valence-corrected chi connectivity index (χ0v) is 2.37. The first-order chi connectivity index (χ1) is 1.41.